The number of nitrogens with two attached hydrogens (primary N) is 1. The number of likely N-dealkylation sites (N-methyl/N-ethyl adjacent to an activating group) is 1. The van der Waals surface area contributed by atoms with E-state index in [1.165, 1.54) is 0 Å². The normalized spacial score (nSPS) is 20.6. The molecule has 1 heterocycles. The van der Waals surface area contributed by atoms with Crippen molar-refractivity contribution in [2.75, 3.05) is 20.1 Å². The molecular weight excluding hydrogens is 182 g/mol. The number of allylic oxidation sites excluding steroid dienone is 1. The molecule has 1 fully saturated rings. The molecule has 0 bridgehead atoms. The molecule has 0 unspecified atom stereocenters. The summed E-state index contributed by atoms with van der Waals surface area (Å²) >= 11 is 0. The molecule has 0 spiro atoms. The highest BCUT2D eigenvalue weighted by Gasteiger charge is 2.22. The molecule has 1 aliphatic rings. The van der Waals surface area contributed by atoms with Crippen molar-refractivity contribution in [1.29, 1.82) is 0 Å². The number of carbonyl (C=O) groups excluding carboxylic acids is 1. The fourth-order valence-corrected chi connectivity index (χ4v) is 1.14. The summed E-state index contributed by atoms with van der Waals surface area (Å²) < 4.78 is 4.96. The molecule has 5 heteroatoms. The van der Waals surface area contributed by atoms with Crippen LogP contribution in [0.3, 0.4) is 0 Å². The number of cyclic esters (lactones) is 1. The van der Waals surface area contributed by atoms with Gasteiger partial charge in [-0.25, -0.2) is 4.79 Å². The highest BCUT2D eigenvalue weighted by atomic mass is 16.6. The van der Waals surface area contributed by atoms with E-state index in [1.807, 2.05) is 11.9 Å². The van der Waals surface area contributed by atoms with Crippen LogP contribution in [0, 0.1) is 0 Å². The number of amides is 1. The first-order valence-corrected chi connectivity index (χ1v) is 4.35. The van der Waals surface area contributed by atoms with Crippen molar-refractivity contribution in [3.63, 3.8) is 0 Å². The number of nitrogens with one attached hydrogen (secondary N) is 1. The Kier molecular flexibility index (Phi) is 3.39. The molecule has 0 saturated carbocycles. The SMILES string of the molecule is C=C(N)/C=C\N(C)C[C@@H]1CNC(=O)O1. The van der Waals surface area contributed by atoms with Crippen molar-refractivity contribution in [2.24, 2.45) is 5.73 Å². The second-order valence-corrected chi connectivity index (χ2v) is 3.24. The molecule has 0 radical (unpaired) electrons. The second kappa shape index (κ2) is 4.55. The average Bonchev–Trinajstić information content (AvgIpc) is 2.48. The number of nitrogens with zero attached hydrogens (tertiary/aromatic N) is 1. The molecule has 1 atom stereocenters. The highest BCUT2D eigenvalue weighted by Crippen LogP contribution is 2.02. The monoisotopic (exact) mass is 197 g/mol. The van der Waals surface area contributed by atoms with Crippen molar-refractivity contribution in [2.45, 2.75) is 6.10 Å². The summed E-state index contributed by atoms with van der Waals surface area (Å²) in [5.41, 5.74) is 5.86. The van der Waals surface area contributed by atoms with Gasteiger partial charge in [0.2, 0.25) is 0 Å². The van der Waals surface area contributed by atoms with Gasteiger partial charge in [-0.1, -0.05) is 6.58 Å². The first-order chi connectivity index (χ1) is 6.58. The number of rotatable bonds is 4. The Morgan fingerprint density at radius 1 is 1.93 bits per heavy atom. The summed E-state index contributed by atoms with van der Waals surface area (Å²) in [6, 6.07) is 0. The van der Waals surface area contributed by atoms with Gasteiger partial charge in [0.15, 0.2) is 0 Å². The lowest BCUT2D eigenvalue weighted by atomic mass is 10.3. The van der Waals surface area contributed by atoms with Crippen molar-refractivity contribution in [1.82, 2.24) is 10.2 Å². The van der Waals surface area contributed by atoms with Crippen LogP contribution in [0.4, 0.5) is 4.79 Å². The number of hydrogen-bond acceptors (Lipinski definition) is 4. The van der Waals surface area contributed by atoms with E-state index in [1.54, 1.807) is 12.3 Å². The fraction of sp³-hybridized carbons (Fsp3) is 0.444. The zero-order chi connectivity index (χ0) is 10.6. The molecule has 0 aliphatic carbocycles. The van der Waals surface area contributed by atoms with E-state index in [-0.39, 0.29) is 12.2 Å². The van der Waals surface area contributed by atoms with Gasteiger partial charge in [-0.05, 0) is 6.08 Å². The molecule has 1 aliphatic heterocycles. The summed E-state index contributed by atoms with van der Waals surface area (Å²) in [5, 5.41) is 2.59. The lowest BCUT2D eigenvalue weighted by Crippen LogP contribution is -2.28. The van der Waals surface area contributed by atoms with Crippen molar-refractivity contribution >= 4 is 6.09 Å². The Morgan fingerprint density at radius 3 is 3.14 bits per heavy atom. The van der Waals surface area contributed by atoms with E-state index in [4.69, 9.17) is 10.5 Å². The van der Waals surface area contributed by atoms with Gasteiger partial charge in [0.25, 0.3) is 0 Å². The number of hydrogen-bond donors (Lipinski definition) is 2. The van der Waals surface area contributed by atoms with Crippen molar-refractivity contribution < 1.29 is 9.53 Å². The van der Waals surface area contributed by atoms with E-state index in [0.29, 0.717) is 18.8 Å². The molecule has 0 aromatic heterocycles. The first-order valence-electron chi connectivity index (χ1n) is 4.35. The van der Waals surface area contributed by atoms with Gasteiger partial charge < -0.3 is 20.7 Å². The summed E-state index contributed by atoms with van der Waals surface area (Å²) in [6.45, 7) is 4.74. The van der Waals surface area contributed by atoms with Gasteiger partial charge in [0, 0.05) is 18.9 Å². The quantitative estimate of drug-likeness (QED) is 0.623. The smallest absolute Gasteiger partial charge is 0.407 e. The summed E-state index contributed by atoms with van der Waals surface area (Å²) in [5.74, 6) is 0. The van der Waals surface area contributed by atoms with Gasteiger partial charge in [0.05, 0.1) is 13.1 Å². The maximum Gasteiger partial charge on any atom is 0.407 e. The summed E-state index contributed by atoms with van der Waals surface area (Å²) in [4.78, 5) is 12.6. The van der Waals surface area contributed by atoms with E-state index >= 15 is 0 Å². The molecule has 1 saturated heterocycles. The third-order valence-electron chi connectivity index (χ3n) is 1.78. The van der Waals surface area contributed by atoms with Crippen LogP contribution in [0.5, 0.6) is 0 Å². The van der Waals surface area contributed by atoms with E-state index in [9.17, 15) is 4.79 Å². The molecule has 0 aromatic carbocycles. The number of ether oxygens (including phenoxy) is 1. The third-order valence-corrected chi connectivity index (χ3v) is 1.78. The van der Waals surface area contributed by atoms with Gasteiger partial charge in [-0.3, -0.25) is 0 Å². The highest BCUT2D eigenvalue weighted by molar-refractivity contribution is 5.69. The Bertz CT molecular complexity index is 263. The molecule has 78 valence electrons. The maximum absolute atomic E-state index is 10.7. The largest absolute Gasteiger partial charge is 0.442 e. The van der Waals surface area contributed by atoms with Gasteiger partial charge in [-0.2, -0.15) is 0 Å². The number of alkyl carbamates (subject to hydrolysis) is 1. The Hall–Kier alpha value is -1.65. The Morgan fingerprint density at radius 2 is 2.64 bits per heavy atom. The zero-order valence-corrected chi connectivity index (χ0v) is 8.19. The predicted octanol–water partition coefficient (Wildman–Crippen LogP) is 0.0127. The van der Waals surface area contributed by atoms with Crippen LogP contribution in [-0.2, 0) is 4.74 Å². The predicted molar refractivity (Wildman–Crippen MR) is 53.4 cm³/mol. The summed E-state index contributed by atoms with van der Waals surface area (Å²) in [7, 11) is 1.88. The van der Waals surface area contributed by atoms with Crippen LogP contribution < -0.4 is 11.1 Å². The molecule has 3 N–H and O–H groups in total. The first kappa shape index (κ1) is 10.4. The summed E-state index contributed by atoms with van der Waals surface area (Å²) in [6.07, 6.45) is 3.05. The Labute approximate surface area is 83.2 Å². The minimum Gasteiger partial charge on any atom is -0.442 e. The number of carbonyl (C=O) groups is 1. The van der Waals surface area contributed by atoms with E-state index < -0.39 is 0 Å². The molecule has 0 aromatic rings. The van der Waals surface area contributed by atoms with Crippen LogP contribution in [0.2, 0.25) is 0 Å². The van der Waals surface area contributed by atoms with Crippen LogP contribution in [-0.4, -0.2) is 37.2 Å². The topological polar surface area (TPSA) is 67.6 Å². The third kappa shape index (κ3) is 3.38. The molecule has 14 heavy (non-hydrogen) atoms. The average molecular weight is 197 g/mol. The zero-order valence-electron chi connectivity index (χ0n) is 8.19. The van der Waals surface area contributed by atoms with Gasteiger partial charge >= 0.3 is 6.09 Å². The lowest BCUT2D eigenvalue weighted by molar-refractivity contribution is 0.126. The van der Waals surface area contributed by atoms with E-state index in [2.05, 4.69) is 11.9 Å². The second-order valence-electron chi connectivity index (χ2n) is 3.24. The molecule has 1 rings (SSSR count). The van der Waals surface area contributed by atoms with Crippen molar-refractivity contribution in [3.05, 3.63) is 24.6 Å². The van der Waals surface area contributed by atoms with Crippen LogP contribution in [0.1, 0.15) is 0 Å². The lowest BCUT2D eigenvalue weighted by Gasteiger charge is -2.17. The maximum atomic E-state index is 10.7. The van der Waals surface area contributed by atoms with Gasteiger partial charge in [-0.15, -0.1) is 0 Å². The van der Waals surface area contributed by atoms with E-state index in [0.717, 1.165) is 0 Å². The molecule has 5 nitrogen and oxygen atoms in total. The van der Waals surface area contributed by atoms with Crippen LogP contribution >= 0.6 is 0 Å². The van der Waals surface area contributed by atoms with Gasteiger partial charge in [0.1, 0.15) is 6.10 Å². The Balaban J connectivity index is 2.30. The van der Waals surface area contributed by atoms with Crippen LogP contribution in [0.15, 0.2) is 24.6 Å². The standard InChI is InChI=1S/C9H15N3O2/c1-7(10)3-4-12(2)6-8-5-11-9(13)14-8/h3-4,8H,1,5-6,10H2,2H3,(H,11,13)/b4-3-/t8-/m0/s1. The minimum atomic E-state index is -0.351. The minimum absolute atomic E-state index is 0.0943. The fourth-order valence-electron chi connectivity index (χ4n) is 1.14. The molecule has 1 amide bonds. The molecular formula is C9H15N3O2. The van der Waals surface area contributed by atoms with Crippen molar-refractivity contribution in [3.8, 4) is 0 Å². The van der Waals surface area contributed by atoms with Crippen LogP contribution in [0.25, 0.3) is 0 Å².